The highest BCUT2D eigenvalue weighted by Crippen LogP contribution is 2.27. The minimum Gasteiger partial charge on any atom is -0.315 e. The van der Waals surface area contributed by atoms with Crippen LogP contribution in [-0.4, -0.2) is 22.6 Å². The summed E-state index contributed by atoms with van der Waals surface area (Å²) in [5, 5.41) is 3.34. The smallest absolute Gasteiger partial charge is 0.253 e. The van der Waals surface area contributed by atoms with E-state index in [4.69, 9.17) is 0 Å². The fraction of sp³-hybridized carbons (Fsp3) is 0.600. The van der Waals surface area contributed by atoms with E-state index in [9.17, 15) is 4.79 Å². The van der Waals surface area contributed by atoms with Crippen molar-refractivity contribution in [3.05, 3.63) is 28.9 Å². The van der Waals surface area contributed by atoms with E-state index in [-0.39, 0.29) is 5.56 Å². The number of hydrogen-bond donors (Lipinski definition) is 1. The average Bonchev–Trinajstić information content (AvgIpc) is 2.99. The van der Waals surface area contributed by atoms with Crippen molar-refractivity contribution in [1.82, 2.24) is 14.9 Å². The predicted octanol–water partition coefficient (Wildman–Crippen LogP) is 0.243. The lowest BCUT2D eigenvalue weighted by Crippen LogP contribution is -2.27. The molecule has 1 aliphatic carbocycles. The molecule has 1 N–H and O–H groups in total. The summed E-state index contributed by atoms with van der Waals surface area (Å²) < 4.78 is 1.62. The summed E-state index contributed by atoms with van der Waals surface area (Å²) in [6, 6.07) is 1.49. The van der Waals surface area contributed by atoms with E-state index in [0.29, 0.717) is 6.54 Å². The molecule has 0 unspecified atom stereocenters. The fourth-order valence-electron chi connectivity index (χ4n) is 1.37. The quantitative estimate of drug-likeness (QED) is 0.681. The maximum absolute atomic E-state index is 11.3. The molecule has 1 aliphatic rings. The molecule has 0 aliphatic heterocycles. The van der Waals surface area contributed by atoms with Gasteiger partial charge in [-0.3, -0.25) is 9.36 Å². The van der Waals surface area contributed by atoms with Gasteiger partial charge in [-0.15, -0.1) is 0 Å². The van der Waals surface area contributed by atoms with Gasteiger partial charge >= 0.3 is 0 Å². The molecule has 14 heavy (non-hydrogen) atoms. The largest absolute Gasteiger partial charge is 0.315 e. The molecule has 1 fully saturated rings. The number of hydrogen-bond acceptors (Lipinski definition) is 3. The molecule has 1 aromatic rings. The Morgan fingerprint density at radius 2 is 2.43 bits per heavy atom. The van der Waals surface area contributed by atoms with E-state index in [1.165, 1.54) is 25.1 Å². The Hall–Kier alpha value is -1.16. The minimum absolute atomic E-state index is 0.0215. The van der Waals surface area contributed by atoms with E-state index in [0.717, 1.165) is 19.0 Å². The third kappa shape index (κ3) is 2.67. The number of rotatable bonds is 5. The summed E-state index contributed by atoms with van der Waals surface area (Å²) in [6.45, 7) is 2.65. The van der Waals surface area contributed by atoms with Crippen LogP contribution in [0.1, 0.15) is 12.8 Å². The van der Waals surface area contributed by atoms with Crippen LogP contribution in [-0.2, 0) is 6.54 Å². The minimum atomic E-state index is 0.0215. The normalized spacial score (nSPS) is 15.7. The lowest BCUT2D eigenvalue weighted by atomic mass is 10.4. The molecule has 4 nitrogen and oxygen atoms in total. The molecule has 0 aromatic carbocycles. The maximum atomic E-state index is 11.3. The Labute approximate surface area is 83.0 Å². The van der Waals surface area contributed by atoms with Gasteiger partial charge in [0.15, 0.2) is 0 Å². The standard InChI is InChI=1S/C10H15N3O/c14-10-3-4-12-8-13(10)6-5-11-7-9-1-2-9/h3-4,8-9,11H,1-2,5-7H2. The van der Waals surface area contributed by atoms with Crippen LogP contribution in [0, 0.1) is 5.92 Å². The summed E-state index contributed by atoms with van der Waals surface area (Å²) >= 11 is 0. The van der Waals surface area contributed by atoms with Crippen LogP contribution in [0.4, 0.5) is 0 Å². The molecule has 76 valence electrons. The van der Waals surface area contributed by atoms with Crippen molar-refractivity contribution < 1.29 is 0 Å². The second-order valence-electron chi connectivity index (χ2n) is 3.76. The van der Waals surface area contributed by atoms with Crippen molar-refractivity contribution >= 4 is 0 Å². The molecular formula is C10H15N3O. The fourth-order valence-corrected chi connectivity index (χ4v) is 1.37. The highest BCUT2D eigenvalue weighted by atomic mass is 16.1. The zero-order valence-corrected chi connectivity index (χ0v) is 8.15. The molecule has 0 radical (unpaired) electrons. The van der Waals surface area contributed by atoms with Crippen molar-refractivity contribution in [3.63, 3.8) is 0 Å². The van der Waals surface area contributed by atoms with Crippen LogP contribution in [0.15, 0.2) is 23.4 Å². The van der Waals surface area contributed by atoms with Gasteiger partial charge in [-0.1, -0.05) is 0 Å². The molecular weight excluding hydrogens is 178 g/mol. The van der Waals surface area contributed by atoms with Gasteiger partial charge in [0.25, 0.3) is 5.56 Å². The molecule has 0 bridgehead atoms. The first-order valence-electron chi connectivity index (χ1n) is 5.07. The highest BCUT2D eigenvalue weighted by molar-refractivity contribution is 4.82. The Morgan fingerprint density at radius 1 is 1.57 bits per heavy atom. The zero-order valence-electron chi connectivity index (χ0n) is 8.15. The Morgan fingerprint density at radius 3 is 3.14 bits per heavy atom. The maximum Gasteiger partial charge on any atom is 0.253 e. The Kier molecular flexibility index (Phi) is 2.93. The third-order valence-electron chi connectivity index (χ3n) is 2.45. The molecule has 0 amide bonds. The second-order valence-corrected chi connectivity index (χ2v) is 3.76. The zero-order chi connectivity index (χ0) is 9.80. The van der Waals surface area contributed by atoms with Crippen LogP contribution >= 0.6 is 0 Å². The lowest BCUT2D eigenvalue weighted by molar-refractivity contribution is 0.561. The summed E-state index contributed by atoms with van der Waals surface area (Å²) in [6.07, 6.45) is 5.83. The molecule has 2 rings (SSSR count). The van der Waals surface area contributed by atoms with Gasteiger partial charge in [-0.05, 0) is 25.3 Å². The molecule has 1 saturated carbocycles. The Bertz CT molecular complexity index is 343. The highest BCUT2D eigenvalue weighted by Gasteiger charge is 2.19. The first-order chi connectivity index (χ1) is 6.86. The first-order valence-corrected chi connectivity index (χ1v) is 5.07. The number of nitrogens with one attached hydrogen (secondary N) is 1. The van der Waals surface area contributed by atoms with E-state index >= 15 is 0 Å². The van der Waals surface area contributed by atoms with E-state index in [1.54, 1.807) is 10.9 Å². The summed E-state index contributed by atoms with van der Waals surface area (Å²) in [4.78, 5) is 15.2. The summed E-state index contributed by atoms with van der Waals surface area (Å²) in [7, 11) is 0. The van der Waals surface area contributed by atoms with Gasteiger partial charge < -0.3 is 5.32 Å². The van der Waals surface area contributed by atoms with Crippen LogP contribution in [0.5, 0.6) is 0 Å². The van der Waals surface area contributed by atoms with E-state index in [2.05, 4.69) is 10.3 Å². The van der Waals surface area contributed by atoms with Gasteiger partial charge in [0, 0.05) is 25.4 Å². The molecule has 4 heteroatoms. The number of nitrogens with zero attached hydrogens (tertiary/aromatic N) is 2. The van der Waals surface area contributed by atoms with Crippen molar-refractivity contribution in [2.75, 3.05) is 13.1 Å². The van der Waals surface area contributed by atoms with E-state index in [1.807, 2.05) is 0 Å². The van der Waals surface area contributed by atoms with E-state index < -0.39 is 0 Å². The van der Waals surface area contributed by atoms with Gasteiger partial charge in [-0.25, -0.2) is 4.98 Å². The third-order valence-corrected chi connectivity index (χ3v) is 2.45. The van der Waals surface area contributed by atoms with Gasteiger partial charge in [-0.2, -0.15) is 0 Å². The van der Waals surface area contributed by atoms with Crippen molar-refractivity contribution in [2.24, 2.45) is 5.92 Å². The van der Waals surface area contributed by atoms with Crippen molar-refractivity contribution in [3.8, 4) is 0 Å². The predicted molar refractivity (Wildman–Crippen MR) is 54.1 cm³/mol. The topological polar surface area (TPSA) is 46.9 Å². The van der Waals surface area contributed by atoms with Crippen LogP contribution in [0.3, 0.4) is 0 Å². The van der Waals surface area contributed by atoms with Crippen molar-refractivity contribution in [2.45, 2.75) is 19.4 Å². The molecule has 0 atom stereocenters. The van der Waals surface area contributed by atoms with Gasteiger partial charge in [0.1, 0.15) is 0 Å². The molecule has 1 heterocycles. The monoisotopic (exact) mass is 193 g/mol. The van der Waals surface area contributed by atoms with Gasteiger partial charge in [0.2, 0.25) is 0 Å². The van der Waals surface area contributed by atoms with Crippen LogP contribution < -0.4 is 10.9 Å². The number of aromatic nitrogens is 2. The van der Waals surface area contributed by atoms with Gasteiger partial charge in [0.05, 0.1) is 6.33 Å². The summed E-state index contributed by atoms with van der Waals surface area (Å²) in [5.41, 5.74) is 0.0215. The second kappa shape index (κ2) is 4.37. The lowest BCUT2D eigenvalue weighted by Gasteiger charge is -2.05. The molecule has 1 aromatic heterocycles. The Balaban J connectivity index is 1.73. The van der Waals surface area contributed by atoms with Crippen LogP contribution in [0.2, 0.25) is 0 Å². The summed E-state index contributed by atoms with van der Waals surface area (Å²) in [5.74, 6) is 0.889. The molecule has 0 spiro atoms. The molecule has 0 saturated heterocycles. The first kappa shape index (κ1) is 9.40. The van der Waals surface area contributed by atoms with Crippen molar-refractivity contribution in [1.29, 1.82) is 0 Å². The average molecular weight is 193 g/mol. The van der Waals surface area contributed by atoms with Crippen LogP contribution in [0.25, 0.3) is 0 Å². The SMILES string of the molecule is O=c1ccncn1CCNCC1CC1.